The van der Waals surface area contributed by atoms with Crippen LogP contribution in [-0.2, 0) is 16.0 Å². The molecular weight excluding hydrogens is 733 g/mol. The van der Waals surface area contributed by atoms with E-state index in [0.29, 0.717) is 56.4 Å². The van der Waals surface area contributed by atoms with Crippen LogP contribution in [0.4, 0.5) is 0 Å². The predicted molar refractivity (Wildman–Crippen MR) is 247 cm³/mol. The molecule has 0 radical (unpaired) electrons. The predicted octanol–water partition coefficient (Wildman–Crippen LogP) is 3.93. The van der Waals surface area contributed by atoms with Gasteiger partial charge in [-0.25, -0.2) is 0 Å². The van der Waals surface area contributed by atoms with E-state index in [1.165, 1.54) is 18.9 Å². The van der Waals surface area contributed by atoms with Crippen LogP contribution in [0.25, 0.3) is 0 Å². The number of nitrogens with two attached hydrogens (primary N) is 3. The van der Waals surface area contributed by atoms with Crippen molar-refractivity contribution in [2.45, 2.75) is 95.4 Å². The monoisotopic (exact) mass is 817 g/mol. The average Bonchev–Trinajstić information content (AvgIpc) is 3.88. The number of amidine groups is 1. The third-order valence-corrected chi connectivity index (χ3v) is 7.36. The molecule has 1 fully saturated rings. The molecule has 0 aromatic heterocycles. The summed E-state index contributed by atoms with van der Waals surface area (Å²) < 4.78 is 5.18. The van der Waals surface area contributed by atoms with E-state index in [0.717, 1.165) is 70.1 Å². The SMILES string of the molecule is CC(=N)N.CC(C)CCC(=O)NC(=N)N1CCOCC1.CC(C)CN=C(N)N.CC(C)CNC1=NCCN1.CC(C)CNC1=NCCN1.CC(C)Cc1ccccc1. The van der Waals surface area contributed by atoms with Crippen LogP contribution in [0.15, 0.2) is 45.3 Å². The number of rotatable bonds is 11. The van der Waals surface area contributed by atoms with Crippen molar-refractivity contribution >= 4 is 35.6 Å². The Kier molecular flexibility index (Phi) is 34.0. The van der Waals surface area contributed by atoms with Gasteiger partial charge in [0.1, 0.15) is 0 Å². The van der Waals surface area contributed by atoms with Crippen LogP contribution < -0.4 is 43.8 Å². The number of carbonyl (C=O) groups excluding carboxylic acids is 1. The Morgan fingerprint density at radius 1 is 0.793 bits per heavy atom. The number of ether oxygens (including phenoxy) is 1. The van der Waals surface area contributed by atoms with E-state index in [1.807, 2.05) is 4.90 Å². The fourth-order valence-corrected chi connectivity index (χ4v) is 4.49. The smallest absolute Gasteiger partial charge is 0.226 e. The number of aliphatic imine (C=N–C) groups is 3. The normalized spacial score (nSPS) is 13.8. The van der Waals surface area contributed by atoms with Crippen LogP contribution in [0.5, 0.6) is 0 Å². The van der Waals surface area contributed by atoms with Crippen molar-refractivity contribution < 1.29 is 9.53 Å². The maximum Gasteiger partial charge on any atom is 0.226 e. The Labute approximate surface area is 351 Å². The standard InChI is InChI=1S/C11H21N3O2.C10H14.2C7H15N3.C5H13N3.C2H6N2/c1-9(2)3-4-10(15)13-11(12)14-5-7-16-8-6-14;1-9(2)8-10-6-4-3-5-7-10;2*1-6(2)5-10-7-8-3-4-9-7;1-4(2)3-8-5(6)7;1-2(3)4/h9H,3-8H2,1-2H3,(H2,12,13,15);3-7,9H,8H2,1-2H3;2*6H,3-5H2,1-2H3,(H2,8,9,10);4H,3H2,1-2H3,(H4,6,7,8);1H3,(H3,3,4). The molecule has 1 aromatic rings. The van der Waals surface area contributed by atoms with E-state index < -0.39 is 0 Å². The molecule has 1 amide bonds. The van der Waals surface area contributed by atoms with E-state index in [9.17, 15) is 4.79 Å². The second-order valence-electron chi connectivity index (χ2n) is 16.2. The Morgan fingerprint density at radius 3 is 1.62 bits per heavy atom. The van der Waals surface area contributed by atoms with Crippen LogP contribution >= 0.6 is 0 Å². The van der Waals surface area contributed by atoms with Crippen LogP contribution in [0, 0.1) is 40.4 Å². The summed E-state index contributed by atoms with van der Waals surface area (Å²) in [6, 6.07) is 10.6. The van der Waals surface area contributed by atoms with E-state index in [-0.39, 0.29) is 23.7 Å². The number of hydrogen-bond acceptors (Lipinski definition) is 11. The zero-order chi connectivity index (χ0) is 44.3. The molecule has 0 aliphatic carbocycles. The summed E-state index contributed by atoms with van der Waals surface area (Å²) in [6.45, 7) is 32.2. The number of morpholine rings is 1. The molecular formula is C42H84N14O2. The van der Waals surface area contributed by atoms with Gasteiger partial charge < -0.3 is 48.1 Å². The Bertz CT molecular complexity index is 1250. The second-order valence-corrected chi connectivity index (χ2v) is 16.2. The lowest BCUT2D eigenvalue weighted by Crippen LogP contribution is -2.48. The molecule has 4 rings (SSSR count). The third kappa shape index (κ3) is 39.6. The van der Waals surface area contributed by atoms with Gasteiger partial charge in [0, 0.05) is 52.2 Å². The molecule has 0 spiro atoms. The zero-order valence-corrected chi connectivity index (χ0v) is 38.0. The van der Waals surface area contributed by atoms with Crippen molar-refractivity contribution in [2.75, 3.05) is 72.1 Å². The van der Waals surface area contributed by atoms with E-state index in [1.54, 1.807) is 0 Å². The zero-order valence-electron chi connectivity index (χ0n) is 38.0. The van der Waals surface area contributed by atoms with Crippen molar-refractivity contribution in [3.63, 3.8) is 0 Å². The summed E-state index contributed by atoms with van der Waals surface area (Å²) in [5.41, 5.74) is 16.3. The van der Waals surface area contributed by atoms with Gasteiger partial charge in [-0.2, -0.15) is 0 Å². The van der Waals surface area contributed by atoms with Gasteiger partial charge in [0.25, 0.3) is 0 Å². The summed E-state index contributed by atoms with van der Waals surface area (Å²) >= 11 is 0. The van der Waals surface area contributed by atoms with E-state index in [4.69, 9.17) is 32.8 Å². The Balaban J connectivity index is 0. The average molecular weight is 817 g/mol. The van der Waals surface area contributed by atoms with Crippen LogP contribution in [-0.4, -0.2) is 113 Å². The first kappa shape index (κ1) is 55.5. The quantitative estimate of drug-likeness (QED) is 0.114. The summed E-state index contributed by atoms with van der Waals surface area (Å²) in [6.07, 6.45) is 2.55. The highest BCUT2D eigenvalue weighted by atomic mass is 16.5. The molecule has 1 saturated heterocycles. The van der Waals surface area contributed by atoms with Crippen LogP contribution in [0.1, 0.15) is 94.6 Å². The van der Waals surface area contributed by atoms with Crippen molar-refractivity contribution in [3.05, 3.63) is 35.9 Å². The lowest BCUT2D eigenvalue weighted by Gasteiger charge is -2.28. The first-order chi connectivity index (χ1) is 27.3. The summed E-state index contributed by atoms with van der Waals surface area (Å²) in [7, 11) is 0. The largest absolute Gasteiger partial charge is 0.388 e. The number of amides is 1. The Morgan fingerprint density at radius 2 is 1.28 bits per heavy atom. The molecule has 16 heteroatoms. The molecule has 1 aromatic carbocycles. The van der Waals surface area contributed by atoms with Gasteiger partial charge in [0.15, 0.2) is 23.8 Å². The molecule has 58 heavy (non-hydrogen) atoms. The first-order valence-electron chi connectivity index (χ1n) is 21.0. The van der Waals surface area contributed by atoms with Crippen molar-refractivity contribution in [1.29, 1.82) is 10.8 Å². The van der Waals surface area contributed by atoms with Crippen molar-refractivity contribution in [3.8, 4) is 0 Å². The van der Waals surface area contributed by atoms with Gasteiger partial charge in [-0.15, -0.1) is 0 Å². The van der Waals surface area contributed by atoms with Crippen molar-refractivity contribution in [1.82, 2.24) is 31.5 Å². The van der Waals surface area contributed by atoms with Crippen LogP contribution in [0.2, 0.25) is 0 Å². The van der Waals surface area contributed by atoms with Gasteiger partial charge in [0.2, 0.25) is 5.91 Å². The van der Waals surface area contributed by atoms with Gasteiger partial charge in [-0.1, -0.05) is 99.6 Å². The highest BCUT2D eigenvalue weighted by molar-refractivity contribution is 5.95. The van der Waals surface area contributed by atoms with E-state index in [2.05, 4.69) is 141 Å². The maximum atomic E-state index is 11.5. The molecule has 0 saturated carbocycles. The van der Waals surface area contributed by atoms with Crippen LogP contribution in [0.3, 0.4) is 0 Å². The molecule has 0 unspecified atom stereocenters. The van der Waals surface area contributed by atoms with Gasteiger partial charge in [0.05, 0.1) is 32.1 Å². The molecule has 16 nitrogen and oxygen atoms in total. The molecule has 334 valence electrons. The maximum absolute atomic E-state index is 11.5. The lowest BCUT2D eigenvalue weighted by molar-refractivity contribution is -0.120. The number of carbonyl (C=O) groups is 1. The lowest BCUT2D eigenvalue weighted by atomic mass is 10.0. The van der Waals surface area contributed by atoms with Gasteiger partial charge in [-0.05, 0) is 54.9 Å². The van der Waals surface area contributed by atoms with Gasteiger partial charge >= 0.3 is 0 Å². The highest BCUT2D eigenvalue weighted by Gasteiger charge is 2.15. The first-order valence-corrected chi connectivity index (χ1v) is 21.0. The minimum absolute atomic E-state index is 0.0646. The third-order valence-electron chi connectivity index (χ3n) is 7.36. The minimum Gasteiger partial charge on any atom is -0.388 e. The molecule has 3 aliphatic heterocycles. The summed E-state index contributed by atoms with van der Waals surface area (Å²) in [4.78, 5) is 25.5. The molecule has 13 N–H and O–H groups in total. The second kappa shape index (κ2) is 35.6. The molecule has 0 bridgehead atoms. The molecule has 0 atom stereocenters. The van der Waals surface area contributed by atoms with Crippen molar-refractivity contribution in [2.24, 2.45) is 61.8 Å². The van der Waals surface area contributed by atoms with Gasteiger partial charge in [-0.3, -0.25) is 35.9 Å². The summed E-state index contributed by atoms with van der Waals surface area (Å²) in [5.74, 6) is 5.61. The Hall–Kier alpha value is -4.60. The fourth-order valence-electron chi connectivity index (χ4n) is 4.49. The number of benzene rings is 1. The number of guanidine groups is 4. The molecule has 3 heterocycles. The number of hydrogen-bond donors (Lipinski definition) is 10. The fraction of sp³-hybridized carbons (Fsp3) is 0.714. The minimum atomic E-state index is -0.0646. The van der Waals surface area contributed by atoms with E-state index >= 15 is 0 Å². The number of nitrogens with one attached hydrogen (secondary N) is 7. The highest BCUT2D eigenvalue weighted by Crippen LogP contribution is 2.06. The number of nitrogens with zero attached hydrogens (tertiary/aromatic N) is 4. The topological polar surface area (TPSA) is 253 Å². The molecule has 3 aliphatic rings. The summed E-state index contributed by atoms with van der Waals surface area (Å²) in [5, 5.41) is 29.4.